The average Bonchev–Trinajstić information content (AvgIpc) is 2.15. The van der Waals surface area contributed by atoms with E-state index in [1.807, 2.05) is 11.0 Å². The molecule has 0 radical (unpaired) electrons. The van der Waals surface area contributed by atoms with Crippen molar-refractivity contribution in [2.45, 2.75) is 0 Å². The maximum Gasteiger partial charge on any atom is 1.00 e. The van der Waals surface area contributed by atoms with Gasteiger partial charge >= 0.3 is 103 Å². The molecule has 0 aromatic rings. The predicted molar refractivity (Wildman–Crippen MR) is 64.1 cm³/mol. The quantitative estimate of drug-likeness (QED) is 0.219. The third kappa shape index (κ3) is 37.7. The zero-order chi connectivity index (χ0) is 14.6. The second kappa shape index (κ2) is 22.6. The molecule has 0 aromatic heterocycles. The summed E-state index contributed by atoms with van der Waals surface area (Å²) >= 11 is -7.34. The summed E-state index contributed by atoms with van der Waals surface area (Å²) < 4.78 is 67.4. The molecule has 0 bridgehead atoms. The average molecular weight is 423 g/mol. The van der Waals surface area contributed by atoms with Gasteiger partial charge in [0.1, 0.15) is 0 Å². The Labute approximate surface area is 212 Å². The second-order valence-electron chi connectivity index (χ2n) is 2.15. The fourth-order valence-corrected chi connectivity index (χ4v) is 1.22. The molecule has 0 spiro atoms. The molecule has 0 aliphatic heterocycles. The number of hydroxylamine groups is 2. The van der Waals surface area contributed by atoms with E-state index in [4.69, 9.17) is 0 Å². The van der Waals surface area contributed by atoms with E-state index in [9.17, 15) is 25.9 Å². The first-order valence-corrected chi connectivity index (χ1v) is 9.30. The van der Waals surface area contributed by atoms with Gasteiger partial charge in [-0.3, -0.25) is 8.42 Å². The van der Waals surface area contributed by atoms with Crippen LogP contribution in [-0.2, 0) is 52.9 Å². The van der Waals surface area contributed by atoms with E-state index in [0.717, 1.165) is 0 Å². The molecule has 0 aliphatic rings. The molecular formula is C4H12K2N2O8S4. The van der Waals surface area contributed by atoms with Gasteiger partial charge in [-0.1, -0.05) is 0 Å². The Hall–Kier alpha value is 3.63. The maximum absolute atomic E-state index is 10.1. The Kier molecular flexibility index (Phi) is 35.5. The Balaban J connectivity index is -0.000000116. The third-order valence-corrected chi connectivity index (χ3v) is 2.12. The number of rotatable bonds is 8. The van der Waals surface area contributed by atoms with E-state index in [2.05, 4.69) is 8.57 Å². The maximum atomic E-state index is 10.1. The van der Waals surface area contributed by atoms with Crippen molar-refractivity contribution in [2.24, 2.45) is 0 Å². The minimum absolute atomic E-state index is 0. The topological polar surface area (TPSA) is 157 Å². The summed E-state index contributed by atoms with van der Waals surface area (Å²) in [6.07, 6.45) is 2.56. The summed E-state index contributed by atoms with van der Waals surface area (Å²) in [5.41, 5.74) is 3.94. The summed E-state index contributed by atoms with van der Waals surface area (Å²) in [5.74, 6) is -0.695. The molecule has 0 rings (SSSR count). The number of hydrogen-bond acceptors (Lipinski definition) is 10. The Morgan fingerprint density at radius 1 is 0.800 bits per heavy atom. The Bertz CT molecular complexity index is 263. The summed E-state index contributed by atoms with van der Waals surface area (Å²) in [5, 5.41) is 0. The van der Waals surface area contributed by atoms with E-state index in [1.165, 1.54) is 12.5 Å². The minimum atomic E-state index is -2.20. The van der Waals surface area contributed by atoms with Gasteiger partial charge in [-0.2, -0.15) is 11.0 Å². The van der Waals surface area contributed by atoms with Crippen LogP contribution < -0.4 is 114 Å². The molecule has 0 heterocycles. The van der Waals surface area contributed by atoms with Crippen LogP contribution in [0.4, 0.5) is 0 Å². The molecule has 16 heteroatoms. The van der Waals surface area contributed by atoms with Crippen molar-refractivity contribution in [1.82, 2.24) is 11.0 Å². The Morgan fingerprint density at radius 3 is 1.20 bits per heavy atom. The zero-order valence-corrected chi connectivity index (χ0v) is 20.8. The van der Waals surface area contributed by atoms with Crippen molar-refractivity contribution in [1.29, 1.82) is 0 Å². The smallest absolute Gasteiger partial charge is 0.771 e. The van der Waals surface area contributed by atoms with E-state index in [1.54, 1.807) is 0 Å². The minimum Gasteiger partial charge on any atom is -0.771 e. The van der Waals surface area contributed by atoms with E-state index < -0.39 is 44.3 Å². The largest absolute Gasteiger partial charge is 1.00 e. The van der Waals surface area contributed by atoms with Crippen LogP contribution in [-0.4, -0.2) is 50.2 Å². The van der Waals surface area contributed by atoms with Crippen LogP contribution in [0.5, 0.6) is 0 Å². The van der Waals surface area contributed by atoms with Crippen LogP contribution in [0.25, 0.3) is 0 Å². The molecular weight excluding hydrogens is 411 g/mol. The van der Waals surface area contributed by atoms with Gasteiger partial charge in [0, 0.05) is 12.5 Å². The molecule has 0 fully saturated rings. The van der Waals surface area contributed by atoms with Crippen LogP contribution in [0, 0.1) is 0 Å². The van der Waals surface area contributed by atoms with Gasteiger partial charge in [-0.25, -0.2) is 17.0 Å². The third-order valence-electron chi connectivity index (χ3n) is 0.706. The molecule has 0 saturated carbocycles. The standard InChI is InChI=1S/2C2H7NO4S2.2K/c2*1-8(4)7-3-2-9(5)6;;/h2*3H,2H2,1H3,(H,5,6);;/q;;2*+1/p-2. The van der Waals surface area contributed by atoms with Crippen molar-refractivity contribution < 1.29 is 137 Å². The van der Waals surface area contributed by atoms with Crippen molar-refractivity contribution >= 4 is 44.3 Å². The molecule has 2 N–H and O–H groups in total. The molecule has 4 atom stereocenters. The first-order chi connectivity index (χ1) is 8.25. The molecule has 10 nitrogen and oxygen atoms in total. The number of nitrogens with one attached hydrogen (secondary N) is 2. The summed E-state index contributed by atoms with van der Waals surface area (Å²) in [6.45, 7) is 0. The summed E-state index contributed by atoms with van der Waals surface area (Å²) in [6, 6.07) is 0. The molecule has 4 unspecified atom stereocenters. The predicted octanol–water partition coefficient (Wildman–Crippen LogP) is -8.72. The zero-order valence-electron chi connectivity index (χ0n) is 11.3. The van der Waals surface area contributed by atoms with E-state index >= 15 is 0 Å². The molecule has 0 aromatic carbocycles. The molecule has 0 saturated heterocycles. The van der Waals surface area contributed by atoms with Gasteiger partial charge in [-0.15, -0.1) is 0 Å². The second-order valence-corrected chi connectivity index (χ2v) is 5.89. The summed E-state index contributed by atoms with van der Waals surface area (Å²) in [7, 11) is 0. The van der Waals surface area contributed by atoms with Gasteiger partial charge in [0.2, 0.25) is 0 Å². The van der Waals surface area contributed by atoms with Gasteiger partial charge in [-0.05, 0) is 22.2 Å². The van der Waals surface area contributed by atoms with E-state index in [0.29, 0.717) is 0 Å². The normalized spacial score (nSPS) is 15.4. The molecule has 20 heavy (non-hydrogen) atoms. The fraction of sp³-hybridized carbons (Fsp3) is 1.00. The Morgan fingerprint density at radius 2 is 1.05 bits per heavy atom. The molecule has 112 valence electrons. The monoisotopic (exact) mass is 422 g/mol. The number of hydrogen-bond donors (Lipinski definition) is 2. The van der Waals surface area contributed by atoms with E-state index in [-0.39, 0.29) is 115 Å². The SMILES string of the molecule is CS(=O)ONCS(=O)[O-].CS(=O)ONCS(=O)[O-].[K+].[K+]. The summed E-state index contributed by atoms with van der Waals surface area (Å²) in [4.78, 5) is 0. The molecule has 0 aliphatic carbocycles. The van der Waals surface area contributed by atoms with Crippen LogP contribution >= 0.6 is 0 Å². The van der Waals surface area contributed by atoms with Crippen molar-refractivity contribution in [2.75, 3.05) is 24.3 Å². The first-order valence-electron chi connectivity index (χ1n) is 3.84. The van der Waals surface area contributed by atoms with Crippen LogP contribution in [0.1, 0.15) is 0 Å². The first kappa shape index (κ1) is 31.4. The fourth-order valence-electron chi connectivity index (χ4n) is 0.310. The van der Waals surface area contributed by atoms with Crippen LogP contribution in [0.2, 0.25) is 0 Å². The van der Waals surface area contributed by atoms with Gasteiger partial charge in [0.15, 0.2) is 22.2 Å². The van der Waals surface area contributed by atoms with Crippen LogP contribution in [0.3, 0.4) is 0 Å². The van der Waals surface area contributed by atoms with Gasteiger partial charge in [0.25, 0.3) is 0 Å². The van der Waals surface area contributed by atoms with Gasteiger partial charge < -0.3 is 9.11 Å². The molecule has 0 amide bonds. The van der Waals surface area contributed by atoms with Crippen molar-refractivity contribution in [3.05, 3.63) is 0 Å². The van der Waals surface area contributed by atoms with Gasteiger partial charge in [0.05, 0.1) is 11.8 Å². The van der Waals surface area contributed by atoms with Crippen molar-refractivity contribution in [3.63, 3.8) is 0 Å². The van der Waals surface area contributed by atoms with Crippen LogP contribution in [0.15, 0.2) is 0 Å². The van der Waals surface area contributed by atoms with Crippen molar-refractivity contribution in [3.8, 4) is 0 Å².